The third-order valence-electron chi connectivity index (χ3n) is 5.34. The number of nitrogens with one attached hydrogen (secondary N) is 1. The van der Waals surface area contributed by atoms with Crippen molar-refractivity contribution in [1.82, 2.24) is 0 Å². The maximum absolute atomic E-state index is 12.6. The number of hydrogen-bond donors (Lipinski definition) is 1. The van der Waals surface area contributed by atoms with Crippen molar-refractivity contribution in [2.24, 2.45) is 0 Å². The molecule has 0 saturated carbocycles. The van der Waals surface area contributed by atoms with Gasteiger partial charge in [0.2, 0.25) is 5.91 Å². The molecule has 0 aliphatic carbocycles. The van der Waals surface area contributed by atoms with E-state index in [-0.39, 0.29) is 23.1 Å². The van der Waals surface area contributed by atoms with Crippen LogP contribution in [0.2, 0.25) is 0 Å². The Bertz CT molecular complexity index is 999. The second kappa shape index (κ2) is 6.19. The minimum absolute atomic E-state index is 0.0819. The summed E-state index contributed by atoms with van der Waals surface area (Å²) in [6.45, 7) is 4.25. The van der Waals surface area contributed by atoms with Crippen LogP contribution in [-0.4, -0.2) is 23.3 Å². The lowest BCUT2D eigenvalue weighted by Gasteiger charge is -2.26. The van der Waals surface area contributed by atoms with E-state index in [0.29, 0.717) is 11.3 Å². The standard InChI is InChI=1S/C20H19N3O4/c1-11-5-6-14(9-17(11)23(26)27)19(24)21-15-8-13-4-3-7-22-18(13)16(10-15)12(2)20(22)25/h5-6,8-10,12H,3-4,7H2,1-2H3,(H,21,24). The number of carbonyl (C=O) groups excluding carboxylic acids is 2. The molecule has 0 aromatic heterocycles. The summed E-state index contributed by atoms with van der Waals surface area (Å²) in [6, 6.07) is 8.17. The van der Waals surface area contributed by atoms with Gasteiger partial charge in [0.05, 0.1) is 16.5 Å². The Morgan fingerprint density at radius 2 is 2.07 bits per heavy atom. The fourth-order valence-electron chi connectivity index (χ4n) is 3.92. The van der Waals surface area contributed by atoms with Gasteiger partial charge in [-0.3, -0.25) is 19.7 Å². The molecule has 2 aliphatic rings. The van der Waals surface area contributed by atoms with Gasteiger partial charge < -0.3 is 10.2 Å². The van der Waals surface area contributed by atoms with Gasteiger partial charge in [0.15, 0.2) is 0 Å². The highest BCUT2D eigenvalue weighted by Crippen LogP contribution is 2.44. The Balaban J connectivity index is 1.67. The van der Waals surface area contributed by atoms with E-state index in [1.807, 2.05) is 24.0 Å². The monoisotopic (exact) mass is 365 g/mol. The summed E-state index contributed by atoms with van der Waals surface area (Å²) in [5.74, 6) is -0.535. The average molecular weight is 365 g/mol. The van der Waals surface area contributed by atoms with Crippen LogP contribution in [0.4, 0.5) is 17.1 Å². The highest BCUT2D eigenvalue weighted by molar-refractivity contribution is 6.08. The predicted molar refractivity (Wildman–Crippen MR) is 101 cm³/mol. The van der Waals surface area contributed by atoms with Crippen LogP contribution in [0.3, 0.4) is 0 Å². The molecule has 2 heterocycles. The topological polar surface area (TPSA) is 92.6 Å². The first-order valence-corrected chi connectivity index (χ1v) is 8.91. The van der Waals surface area contributed by atoms with Crippen molar-refractivity contribution < 1.29 is 14.5 Å². The van der Waals surface area contributed by atoms with Crippen LogP contribution in [0.15, 0.2) is 30.3 Å². The number of anilines is 2. The van der Waals surface area contributed by atoms with Crippen LogP contribution in [0.5, 0.6) is 0 Å². The number of hydrogen-bond acceptors (Lipinski definition) is 4. The molecule has 0 saturated heterocycles. The Morgan fingerprint density at radius 3 is 2.81 bits per heavy atom. The molecule has 0 bridgehead atoms. The number of amides is 2. The zero-order valence-corrected chi connectivity index (χ0v) is 15.1. The van der Waals surface area contributed by atoms with Crippen LogP contribution in [0, 0.1) is 17.0 Å². The molecule has 1 N–H and O–H groups in total. The van der Waals surface area contributed by atoms with Gasteiger partial charge in [-0.1, -0.05) is 6.07 Å². The first kappa shape index (κ1) is 17.2. The lowest BCUT2D eigenvalue weighted by molar-refractivity contribution is -0.385. The molecule has 2 amide bonds. The quantitative estimate of drug-likeness (QED) is 0.665. The van der Waals surface area contributed by atoms with Gasteiger partial charge in [-0.05, 0) is 56.0 Å². The van der Waals surface area contributed by atoms with Crippen molar-refractivity contribution in [3.05, 3.63) is 62.7 Å². The molecule has 27 heavy (non-hydrogen) atoms. The molecular formula is C20H19N3O4. The third kappa shape index (κ3) is 2.75. The highest BCUT2D eigenvalue weighted by Gasteiger charge is 2.38. The molecular weight excluding hydrogens is 346 g/mol. The Kier molecular flexibility index (Phi) is 3.95. The molecule has 2 aromatic carbocycles. The predicted octanol–water partition coefficient (Wildman–Crippen LogP) is 3.55. The second-order valence-electron chi connectivity index (χ2n) is 7.10. The number of nitro benzene ring substituents is 1. The number of nitrogens with zero attached hydrogens (tertiary/aromatic N) is 2. The van der Waals surface area contributed by atoms with Gasteiger partial charge in [0.1, 0.15) is 0 Å². The van der Waals surface area contributed by atoms with Gasteiger partial charge in [-0.15, -0.1) is 0 Å². The molecule has 138 valence electrons. The zero-order chi connectivity index (χ0) is 19.3. The van der Waals surface area contributed by atoms with E-state index in [9.17, 15) is 19.7 Å². The molecule has 7 nitrogen and oxygen atoms in total. The lowest BCUT2D eigenvalue weighted by atomic mass is 9.96. The van der Waals surface area contributed by atoms with E-state index in [4.69, 9.17) is 0 Å². The molecule has 4 rings (SSSR count). The molecule has 0 radical (unpaired) electrons. The van der Waals surface area contributed by atoms with E-state index in [0.717, 1.165) is 36.2 Å². The minimum atomic E-state index is -0.493. The summed E-state index contributed by atoms with van der Waals surface area (Å²) in [5, 5.41) is 13.9. The number of carbonyl (C=O) groups is 2. The summed E-state index contributed by atoms with van der Waals surface area (Å²) in [7, 11) is 0. The molecule has 1 atom stereocenters. The largest absolute Gasteiger partial charge is 0.322 e. The fourth-order valence-corrected chi connectivity index (χ4v) is 3.92. The van der Waals surface area contributed by atoms with Crippen molar-refractivity contribution in [3.63, 3.8) is 0 Å². The number of nitro groups is 1. The molecule has 0 spiro atoms. The Labute approximate surface area is 156 Å². The van der Waals surface area contributed by atoms with Gasteiger partial charge in [0, 0.05) is 29.4 Å². The van der Waals surface area contributed by atoms with Crippen molar-refractivity contribution >= 4 is 28.9 Å². The SMILES string of the molecule is Cc1ccc(C(=O)Nc2cc3c4c(c2)C(C)C(=O)N4CCC3)cc1[N+](=O)[O-]. The van der Waals surface area contributed by atoms with E-state index in [2.05, 4.69) is 5.32 Å². The van der Waals surface area contributed by atoms with Crippen LogP contribution in [0.1, 0.15) is 46.3 Å². The molecule has 2 aliphatic heterocycles. The van der Waals surface area contributed by atoms with Gasteiger partial charge in [-0.2, -0.15) is 0 Å². The van der Waals surface area contributed by atoms with Crippen molar-refractivity contribution in [3.8, 4) is 0 Å². The van der Waals surface area contributed by atoms with Crippen LogP contribution in [0.25, 0.3) is 0 Å². The summed E-state index contributed by atoms with van der Waals surface area (Å²) in [5.41, 5.74) is 4.24. The average Bonchev–Trinajstić information content (AvgIpc) is 2.88. The van der Waals surface area contributed by atoms with Crippen LogP contribution < -0.4 is 10.2 Å². The van der Waals surface area contributed by atoms with E-state index < -0.39 is 10.8 Å². The van der Waals surface area contributed by atoms with Crippen molar-refractivity contribution in [2.45, 2.75) is 32.6 Å². The maximum Gasteiger partial charge on any atom is 0.273 e. The first-order chi connectivity index (χ1) is 12.9. The zero-order valence-electron chi connectivity index (χ0n) is 15.1. The highest BCUT2D eigenvalue weighted by atomic mass is 16.6. The minimum Gasteiger partial charge on any atom is -0.322 e. The Hall–Kier alpha value is -3.22. The van der Waals surface area contributed by atoms with E-state index in [1.54, 1.807) is 19.1 Å². The summed E-state index contributed by atoms with van der Waals surface area (Å²) < 4.78 is 0. The van der Waals surface area contributed by atoms with E-state index >= 15 is 0 Å². The summed E-state index contributed by atoms with van der Waals surface area (Å²) >= 11 is 0. The van der Waals surface area contributed by atoms with Crippen LogP contribution >= 0.6 is 0 Å². The third-order valence-corrected chi connectivity index (χ3v) is 5.34. The smallest absolute Gasteiger partial charge is 0.273 e. The lowest BCUT2D eigenvalue weighted by Crippen LogP contribution is -2.32. The molecule has 0 fully saturated rings. The number of rotatable bonds is 3. The Morgan fingerprint density at radius 1 is 1.30 bits per heavy atom. The number of aryl methyl sites for hydroxylation is 2. The van der Waals surface area contributed by atoms with Gasteiger partial charge >= 0.3 is 0 Å². The number of benzene rings is 2. The molecule has 7 heteroatoms. The maximum atomic E-state index is 12.6. The van der Waals surface area contributed by atoms with Crippen molar-refractivity contribution in [2.75, 3.05) is 16.8 Å². The van der Waals surface area contributed by atoms with Crippen molar-refractivity contribution in [1.29, 1.82) is 0 Å². The summed E-state index contributed by atoms with van der Waals surface area (Å²) in [6.07, 6.45) is 1.75. The molecule has 1 unspecified atom stereocenters. The fraction of sp³-hybridized carbons (Fsp3) is 0.300. The van der Waals surface area contributed by atoms with E-state index in [1.165, 1.54) is 6.07 Å². The van der Waals surface area contributed by atoms with Gasteiger partial charge in [-0.25, -0.2) is 0 Å². The molecule has 2 aromatic rings. The van der Waals surface area contributed by atoms with Gasteiger partial charge in [0.25, 0.3) is 11.6 Å². The second-order valence-corrected chi connectivity index (χ2v) is 7.10. The van der Waals surface area contributed by atoms with Crippen LogP contribution in [-0.2, 0) is 11.2 Å². The summed E-state index contributed by atoms with van der Waals surface area (Å²) in [4.78, 5) is 37.5. The normalized spacial score (nSPS) is 17.6. The first-order valence-electron chi connectivity index (χ1n) is 8.91.